The first-order valence-electron chi connectivity index (χ1n) is 4.25. The lowest BCUT2D eigenvalue weighted by atomic mass is 10.0. The van der Waals surface area contributed by atoms with Gasteiger partial charge in [0.1, 0.15) is 24.4 Å². The Morgan fingerprint density at radius 3 is 2.00 bits per heavy atom. The Balaban J connectivity index is 4.17. The normalized spacial score (nSPS) is 20.1. The van der Waals surface area contributed by atoms with Gasteiger partial charge in [-0.15, -0.1) is 0 Å². The Hall–Kier alpha value is -0.240. The number of methoxy groups -OCH3 is 2. The molecule has 0 spiro atoms. The number of hydrogen-bond donors (Lipinski definition) is 4. The molecule has 6 nitrogen and oxygen atoms in total. The molecule has 0 unspecified atom stereocenters. The van der Waals surface area contributed by atoms with Crippen molar-refractivity contribution in [3.05, 3.63) is 0 Å². The van der Waals surface area contributed by atoms with Gasteiger partial charge in [0.05, 0.1) is 13.2 Å². The fourth-order valence-electron chi connectivity index (χ4n) is 1.03. The summed E-state index contributed by atoms with van der Waals surface area (Å²) in [5.41, 5.74) is 0. The molecule has 0 aromatic heterocycles. The van der Waals surface area contributed by atoms with Gasteiger partial charge in [-0.2, -0.15) is 0 Å². The molecule has 0 aliphatic heterocycles. The Morgan fingerprint density at radius 1 is 1.07 bits per heavy atom. The third-order valence-electron chi connectivity index (χ3n) is 1.95. The summed E-state index contributed by atoms with van der Waals surface area (Å²) in [7, 11) is 2.78. The molecule has 0 radical (unpaired) electrons. The minimum atomic E-state index is -1.46. The standard InChI is InChI=1S/C8H18O6/c1-13-4-6(14-2)8(12)7(11)5(10)3-9/h5-12H,3-4H2,1-2H3/t5-,6+,7-,8-/m1/s1. The zero-order valence-corrected chi connectivity index (χ0v) is 8.33. The van der Waals surface area contributed by atoms with E-state index in [1.807, 2.05) is 0 Å². The van der Waals surface area contributed by atoms with Gasteiger partial charge in [-0.25, -0.2) is 0 Å². The summed E-state index contributed by atoms with van der Waals surface area (Å²) >= 11 is 0. The van der Waals surface area contributed by atoms with Gasteiger partial charge in [-0.3, -0.25) is 0 Å². The smallest absolute Gasteiger partial charge is 0.111 e. The van der Waals surface area contributed by atoms with E-state index in [1.165, 1.54) is 14.2 Å². The number of hydrogen-bond acceptors (Lipinski definition) is 6. The molecule has 4 N–H and O–H groups in total. The van der Waals surface area contributed by atoms with Crippen molar-refractivity contribution in [3.8, 4) is 0 Å². The molecule has 0 saturated heterocycles. The monoisotopic (exact) mass is 210 g/mol. The summed E-state index contributed by atoms with van der Waals surface area (Å²) in [4.78, 5) is 0. The second-order valence-corrected chi connectivity index (χ2v) is 2.96. The third-order valence-corrected chi connectivity index (χ3v) is 1.95. The molecular formula is C8H18O6. The molecule has 0 rings (SSSR count). The summed E-state index contributed by atoms with van der Waals surface area (Å²) in [5, 5.41) is 36.4. The highest BCUT2D eigenvalue weighted by atomic mass is 16.5. The number of rotatable bonds is 7. The van der Waals surface area contributed by atoms with E-state index < -0.39 is 31.0 Å². The SMILES string of the molecule is COC[C@H](OC)[C@@H](O)[C@H](O)[C@H](O)CO. The molecule has 0 aromatic carbocycles. The van der Waals surface area contributed by atoms with Crippen molar-refractivity contribution < 1.29 is 29.9 Å². The minimum absolute atomic E-state index is 0.0902. The maximum Gasteiger partial charge on any atom is 0.111 e. The Kier molecular flexibility index (Phi) is 6.98. The lowest BCUT2D eigenvalue weighted by molar-refractivity contribution is -0.135. The van der Waals surface area contributed by atoms with Crippen LogP contribution in [0.3, 0.4) is 0 Å². The van der Waals surface area contributed by atoms with E-state index in [0.717, 1.165) is 0 Å². The molecule has 86 valence electrons. The topological polar surface area (TPSA) is 99.4 Å². The average Bonchev–Trinajstić information content (AvgIpc) is 2.22. The van der Waals surface area contributed by atoms with Gasteiger partial charge < -0.3 is 29.9 Å². The van der Waals surface area contributed by atoms with Crippen LogP contribution in [0.5, 0.6) is 0 Å². The van der Waals surface area contributed by atoms with Gasteiger partial charge in [-0.1, -0.05) is 0 Å². The zero-order chi connectivity index (χ0) is 11.1. The van der Waals surface area contributed by atoms with E-state index in [4.69, 9.17) is 19.7 Å². The van der Waals surface area contributed by atoms with Crippen LogP contribution in [0.4, 0.5) is 0 Å². The molecule has 14 heavy (non-hydrogen) atoms. The van der Waals surface area contributed by atoms with Crippen molar-refractivity contribution in [2.75, 3.05) is 27.4 Å². The third kappa shape index (κ3) is 3.87. The molecular weight excluding hydrogens is 192 g/mol. The fourth-order valence-corrected chi connectivity index (χ4v) is 1.03. The van der Waals surface area contributed by atoms with Gasteiger partial charge in [0.25, 0.3) is 0 Å². The van der Waals surface area contributed by atoms with Gasteiger partial charge in [0.2, 0.25) is 0 Å². The summed E-state index contributed by atoms with van der Waals surface area (Å²) in [6, 6.07) is 0. The van der Waals surface area contributed by atoms with E-state index in [-0.39, 0.29) is 6.61 Å². The molecule has 0 fully saturated rings. The molecule has 0 aromatic rings. The van der Waals surface area contributed by atoms with Crippen LogP contribution in [-0.2, 0) is 9.47 Å². The van der Waals surface area contributed by atoms with Crippen LogP contribution in [0.25, 0.3) is 0 Å². The summed E-state index contributed by atoms with van der Waals surface area (Å²) in [6.45, 7) is -0.533. The van der Waals surface area contributed by atoms with Crippen LogP contribution in [0.15, 0.2) is 0 Å². The van der Waals surface area contributed by atoms with Crippen molar-refractivity contribution in [2.24, 2.45) is 0 Å². The number of ether oxygens (including phenoxy) is 2. The predicted molar refractivity (Wildman–Crippen MR) is 47.8 cm³/mol. The molecule has 0 aliphatic rings. The Morgan fingerprint density at radius 2 is 1.64 bits per heavy atom. The van der Waals surface area contributed by atoms with Crippen LogP contribution in [0.1, 0.15) is 0 Å². The lowest BCUT2D eigenvalue weighted by Gasteiger charge is -2.27. The van der Waals surface area contributed by atoms with Crippen LogP contribution in [0.2, 0.25) is 0 Å². The van der Waals surface area contributed by atoms with Gasteiger partial charge >= 0.3 is 0 Å². The van der Waals surface area contributed by atoms with Gasteiger partial charge in [0, 0.05) is 14.2 Å². The first-order valence-corrected chi connectivity index (χ1v) is 4.25. The molecule has 0 saturated carbocycles. The van der Waals surface area contributed by atoms with Crippen LogP contribution in [0, 0.1) is 0 Å². The highest BCUT2D eigenvalue weighted by molar-refractivity contribution is 4.81. The first-order chi connectivity index (χ1) is 6.58. The van der Waals surface area contributed by atoms with Crippen molar-refractivity contribution >= 4 is 0 Å². The average molecular weight is 210 g/mol. The lowest BCUT2D eigenvalue weighted by Crippen LogP contribution is -2.48. The summed E-state index contributed by atoms with van der Waals surface area (Å²) < 4.78 is 9.58. The highest BCUT2D eigenvalue weighted by Gasteiger charge is 2.30. The van der Waals surface area contributed by atoms with Crippen molar-refractivity contribution in [2.45, 2.75) is 24.4 Å². The molecule has 0 aliphatic carbocycles. The maximum atomic E-state index is 9.48. The second-order valence-electron chi connectivity index (χ2n) is 2.96. The van der Waals surface area contributed by atoms with E-state index >= 15 is 0 Å². The van der Waals surface area contributed by atoms with E-state index in [9.17, 15) is 10.2 Å². The Labute approximate surface area is 82.7 Å². The van der Waals surface area contributed by atoms with Crippen LogP contribution in [-0.4, -0.2) is 72.3 Å². The van der Waals surface area contributed by atoms with Crippen molar-refractivity contribution in [3.63, 3.8) is 0 Å². The molecule has 0 bridgehead atoms. The van der Waals surface area contributed by atoms with Crippen molar-refractivity contribution in [1.29, 1.82) is 0 Å². The largest absolute Gasteiger partial charge is 0.394 e. The van der Waals surface area contributed by atoms with E-state index in [1.54, 1.807) is 0 Å². The number of aliphatic hydroxyl groups is 4. The first kappa shape index (κ1) is 13.8. The minimum Gasteiger partial charge on any atom is -0.394 e. The van der Waals surface area contributed by atoms with E-state index in [0.29, 0.717) is 0 Å². The summed E-state index contributed by atoms with van der Waals surface area (Å²) in [6.07, 6.45) is -4.89. The molecule has 0 amide bonds. The quantitative estimate of drug-likeness (QED) is 0.378. The summed E-state index contributed by atoms with van der Waals surface area (Å²) in [5.74, 6) is 0. The molecule has 0 heterocycles. The van der Waals surface area contributed by atoms with Crippen LogP contribution >= 0.6 is 0 Å². The predicted octanol–water partition coefficient (Wildman–Crippen LogP) is -2.28. The highest BCUT2D eigenvalue weighted by Crippen LogP contribution is 2.07. The van der Waals surface area contributed by atoms with E-state index in [2.05, 4.69) is 0 Å². The van der Waals surface area contributed by atoms with Crippen molar-refractivity contribution in [1.82, 2.24) is 0 Å². The fraction of sp³-hybridized carbons (Fsp3) is 1.00. The molecule has 4 atom stereocenters. The van der Waals surface area contributed by atoms with Crippen LogP contribution < -0.4 is 0 Å². The van der Waals surface area contributed by atoms with Gasteiger partial charge in [0.15, 0.2) is 0 Å². The zero-order valence-electron chi connectivity index (χ0n) is 8.33. The second kappa shape index (κ2) is 7.10. The Bertz CT molecular complexity index is 140. The maximum absolute atomic E-state index is 9.48. The molecule has 6 heteroatoms. The number of aliphatic hydroxyl groups excluding tert-OH is 4. The van der Waals surface area contributed by atoms with Gasteiger partial charge in [-0.05, 0) is 0 Å².